The van der Waals surface area contributed by atoms with Gasteiger partial charge in [0.15, 0.2) is 0 Å². The van der Waals surface area contributed by atoms with Gasteiger partial charge >= 0.3 is 6.18 Å². The van der Waals surface area contributed by atoms with Gasteiger partial charge in [0, 0.05) is 12.1 Å². The summed E-state index contributed by atoms with van der Waals surface area (Å²) in [4.78, 5) is 7.70. The fourth-order valence-electron chi connectivity index (χ4n) is 2.25. The molecule has 0 N–H and O–H groups in total. The van der Waals surface area contributed by atoms with Gasteiger partial charge in [-0.1, -0.05) is 12.1 Å². The van der Waals surface area contributed by atoms with Crippen molar-refractivity contribution in [3.05, 3.63) is 53.1 Å². The highest BCUT2D eigenvalue weighted by atomic mass is 19.4. The Morgan fingerprint density at radius 3 is 2.50 bits per heavy atom. The van der Waals surface area contributed by atoms with E-state index in [1.165, 1.54) is 6.92 Å². The molecule has 2 heterocycles. The minimum absolute atomic E-state index is 0.200. The van der Waals surface area contributed by atoms with Gasteiger partial charge in [0.25, 0.3) is 0 Å². The zero-order valence-corrected chi connectivity index (χ0v) is 13.1. The zero-order valence-electron chi connectivity index (χ0n) is 13.1. The van der Waals surface area contributed by atoms with Crippen molar-refractivity contribution in [2.24, 2.45) is 0 Å². The number of halogens is 3. The Morgan fingerprint density at radius 1 is 1.17 bits per heavy atom. The molecular weight excluding hydrogens is 321 g/mol. The highest BCUT2D eigenvalue weighted by molar-refractivity contribution is 5.27. The normalized spacial score (nSPS) is 16.9. The van der Waals surface area contributed by atoms with Crippen LogP contribution < -0.4 is 4.74 Å². The molecule has 0 saturated carbocycles. The number of aromatic nitrogens is 2. The Bertz CT molecular complexity index is 698. The van der Waals surface area contributed by atoms with Gasteiger partial charge in [-0.05, 0) is 37.1 Å². The van der Waals surface area contributed by atoms with E-state index in [0.29, 0.717) is 25.1 Å². The number of aryl methyl sites for hydroxylation is 3. The molecule has 1 fully saturated rings. The van der Waals surface area contributed by atoms with Gasteiger partial charge in [0.1, 0.15) is 30.0 Å². The van der Waals surface area contributed by atoms with Crippen molar-refractivity contribution in [3.8, 4) is 5.75 Å². The molecule has 2 aromatic rings. The standard InChI is InChI=1S/C17H17F3N2O2/c1-11-8-15(17(18,19)20)22-16(21-11)7-4-12-2-5-13(6-3-12)23-9-14-10-24-14/h2-3,5-6,8,14H,4,7,9-10H2,1H3. The molecule has 3 rings (SSSR count). The molecule has 1 atom stereocenters. The van der Waals surface area contributed by atoms with Crippen LogP contribution in [-0.2, 0) is 23.8 Å². The number of hydrogen-bond donors (Lipinski definition) is 0. The lowest BCUT2D eigenvalue weighted by atomic mass is 10.1. The number of ether oxygens (including phenoxy) is 2. The Kier molecular flexibility index (Phi) is 4.71. The molecule has 0 bridgehead atoms. The Balaban J connectivity index is 1.59. The highest BCUT2D eigenvalue weighted by Gasteiger charge is 2.33. The van der Waals surface area contributed by atoms with Crippen LogP contribution in [0.4, 0.5) is 13.2 Å². The van der Waals surface area contributed by atoms with Crippen molar-refractivity contribution in [3.63, 3.8) is 0 Å². The van der Waals surface area contributed by atoms with Crippen LogP contribution >= 0.6 is 0 Å². The first-order valence-electron chi connectivity index (χ1n) is 7.65. The summed E-state index contributed by atoms with van der Waals surface area (Å²) in [6.07, 6.45) is -3.34. The van der Waals surface area contributed by atoms with Crippen LogP contribution in [0.15, 0.2) is 30.3 Å². The first-order valence-corrected chi connectivity index (χ1v) is 7.65. The molecule has 0 radical (unpaired) electrons. The Morgan fingerprint density at radius 2 is 1.88 bits per heavy atom. The number of rotatable bonds is 6. The highest BCUT2D eigenvalue weighted by Crippen LogP contribution is 2.28. The molecule has 1 aromatic heterocycles. The number of alkyl halides is 3. The molecule has 128 valence electrons. The molecule has 1 unspecified atom stereocenters. The summed E-state index contributed by atoms with van der Waals surface area (Å²) < 4.78 is 48.9. The quantitative estimate of drug-likeness (QED) is 0.758. The van der Waals surface area contributed by atoms with Gasteiger partial charge in [-0.3, -0.25) is 0 Å². The van der Waals surface area contributed by atoms with Crippen LogP contribution in [0.1, 0.15) is 22.8 Å². The van der Waals surface area contributed by atoms with E-state index in [1.807, 2.05) is 24.3 Å². The summed E-state index contributed by atoms with van der Waals surface area (Å²) in [7, 11) is 0. The second kappa shape index (κ2) is 6.76. The lowest BCUT2D eigenvalue weighted by Crippen LogP contribution is -2.12. The summed E-state index contributed by atoms with van der Waals surface area (Å²) >= 11 is 0. The topological polar surface area (TPSA) is 47.5 Å². The van der Waals surface area contributed by atoms with Crippen LogP contribution in [0.25, 0.3) is 0 Å². The van der Waals surface area contributed by atoms with Crippen LogP contribution in [0.3, 0.4) is 0 Å². The second-order valence-corrected chi connectivity index (χ2v) is 5.72. The largest absolute Gasteiger partial charge is 0.491 e. The third kappa shape index (κ3) is 4.67. The molecule has 1 aromatic carbocycles. The summed E-state index contributed by atoms with van der Waals surface area (Å²) in [5.74, 6) is 0.953. The number of nitrogens with zero attached hydrogens (tertiary/aromatic N) is 2. The molecule has 1 aliphatic heterocycles. The van der Waals surface area contributed by atoms with Crippen molar-refractivity contribution >= 4 is 0 Å². The average molecular weight is 338 g/mol. The summed E-state index contributed by atoms with van der Waals surface area (Å²) in [5.41, 5.74) is 0.415. The molecule has 0 spiro atoms. The Hall–Kier alpha value is -2.15. The summed E-state index contributed by atoms with van der Waals surface area (Å²) in [6.45, 7) is 2.82. The third-order valence-electron chi connectivity index (χ3n) is 3.59. The van der Waals surface area contributed by atoms with E-state index < -0.39 is 11.9 Å². The van der Waals surface area contributed by atoms with Crippen molar-refractivity contribution < 1.29 is 22.6 Å². The van der Waals surface area contributed by atoms with Gasteiger partial charge in [-0.25, -0.2) is 9.97 Å². The van der Waals surface area contributed by atoms with Gasteiger partial charge < -0.3 is 9.47 Å². The van der Waals surface area contributed by atoms with Crippen LogP contribution in [0.5, 0.6) is 5.75 Å². The lowest BCUT2D eigenvalue weighted by Gasteiger charge is -2.09. The molecular formula is C17H17F3N2O2. The minimum atomic E-state index is -4.45. The maximum absolute atomic E-state index is 12.8. The number of epoxide rings is 1. The van der Waals surface area contributed by atoms with Crippen molar-refractivity contribution in [1.29, 1.82) is 0 Å². The summed E-state index contributed by atoms with van der Waals surface area (Å²) in [6, 6.07) is 8.43. The maximum Gasteiger partial charge on any atom is 0.433 e. The number of benzene rings is 1. The second-order valence-electron chi connectivity index (χ2n) is 5.72. The SMILES string of the molecule is Cc1cc(C(F)(F)F)nc(CCc2ccc(OCC3CO3)cc2)n1. The van der Waals surface area contributed by atoms with Crippen LogP contribution in [0.2, 0.25) is 0 Å². The first-order chi connectivity index (χ1) is 11.4. The molecule has 7 heteroatoms. The molecule has 24 heavy (non-hydrogen) atoms. The van der Waals surface area contributed by atoms with E-state index in [-0.39, 0.29) is 11.9 Å². The summed E-state index contributed by atoms with van der Waals surface area (Å²) in [5, 5.41) is 0. The monoisotopic (exact) mass is 338 g/mol. The van der Waals surface area contributed by atoms with Gasteiger partial charge in [0.05, 0.1) is 6.61 Å². The van der Waals surface area contributed by atoms with Crippen LogP contribution in [-0.4, -0.2) is 29.3 Å². The lowest BCUT2D eigenvalue weighted by molar-refractivity contribution is -0.141. The predicted octanol–water partition coefficient (Wildman–Crippen LogP) is 3.37. The predicted molar refractivity (Wildman–Crippen MR) is 80.9 cm³/mol. The van der Waals surface area contributed by atoms with Crippen molar-refractivity contribution in [2.45, 2.75) is 32.0 Å². The third-order valence-corrected chi connectivity index (χ3v) is 3.59. The maximum atomic E-state index is 12.8. The van der Waals surface area contributed by atoms with E-state index in [4.69, 9.17) is 9.47 Å². The van der Waals surface area contributed by atoms with E-state index in [1.54, 1.807) is 0 Å². The van der Waals surface area contributed by atoms with Crippen molar-refractivity contribution in [2.75, 3.05) is 13.2 Å². The van der Waals surface area contributed by atoms with E-state index in [0.717, 1.165) is 24.0 Å². The van der Waals surface area contributed by atoms with E-state index >= 15 is 0 Å². The zero-order chi connectivity index (χ0) is 17.2. The van der Waals surface area contributed by atoms with Crippen LogP contribution in [0, 0.1) is 6.92 Å². The molecule has 1 aliphatic rings. The average Bonchev–Trinajstić information content (AvgIpc) is 3.35. The molecule has 1 saturated heterocycles. The van der Waals surface area contributed by atoms with Gasteiger partial charge in [-0.15, -0.1) is 0 Å². The van der Waals surface area contributed by atoms with Gasteiger partial charge in [0.2, 0.25) is 0 Å². The van der Waals surface area contributed by atoms with Crippen molar-refractivity contribution in [1.82, 2.24) is 9.97 Å². The number of hydrogen-bond acceptors (Lipinski definition) is 4. The smallest absolute Gasteiger partial charge is 0.433 e. The molecule has 0 aliphatic carbocycles. The van der Waals surface area contributed by atoms with E-state index in [2.05, 4.69) is 9.97 Å². The first kappa shape index (κ1) is 16.7. The minimum Gasteiger partial charge on any atom is -0.491 e. The molecule has 0 amide bonds. The van der Waals surface area contributed by atoms with E-state index in [9.17, 15) is 13.2 Å². The fraction of sp³-hybridized carbons (Fsp3) is 0.412. The molecule has 4 nitrogen and oxygen atoms in total. The Labute approximate surface area is 137 Å². The van der Waals surface area contributed by atoms with Gasteiger partial charge in [-0.2, -0.15) is 13.2 Å². The fourth-order valence-corrected chi connectivity index (χ4v) is 2.25.